The molecule has 0 aliphatic carbocycles. The third kappa shape index (κ3) is 3.50. The Hall–Kier alpha value is -2.44. The number of nitrogens with zero attached hydrogens (tertiary/aromatic N) is 1. The Morgan fingerprint density at radius 1 is 1.20 bits per heavy atom. The highest BCUT2D eigenvalue weighted by atomic mass is 32.2. The molecule has 1 N–H and O–H groups in total. The largest absolute Gasteiger partial charge is 0.478 e. The SMILES string of the molecule is Cc1cccc(C=C2SC(=S)N(c3ccc(C)c(C(=O)O)c3)C2=O)c1. The third-order valence-electron chi connectivity index (χ3n) is 3.84. The zero-order chi connectivity index (χ0) is 18.1. The number of benzene rings is 2. The standard InChI is InChI=1S/C19H15NO3S2/c1-11-4-3-5-13(8-11)9-16-17(21)20(19(24)25-16)14-7-6-12(2)15(10-14)18(22)23/h3-10H,1-2H3,(H,22,23). The molecule has 0 bridgehead atoms. The normalized spacial score (nSPS) is 15.9. The van der Waals surface area contributed by atoms with Gasteiger partial charge in [-0.3, -0.25) is 9.69 Å². The topological polar surface area (TPSA) is 57.6 Å². The Morgan fingerprint density at radius 2 is 1.96 bits per heavy atom. The number of carboxylic acids is 1. The molecule has 126 valence electrons. The molecule has 0 atom stereocenters. The molecule has 1 heterocycles. The lowest BCUT2D eigenvalue weighted by Crippen LogP contribution is -2.27. The molecule has 0 spiro atoms. The van der Waals surface area contributed by atoms with Crippen LogP contribution in [0.2, 0.25) is 0 Å². The predicted octanol–water partition coefficient (Wildman–Crippen LogP) is 4.41. The monoisotopic (exact) mass is 369 g/mol. The number of carboxylic acid groups (broad SMARTS) is 1. The Balaban J connectivity index is 1.97. The summed E-state index contributed by atoms with van der Waals surface area (Å²) in [5, 5.41) is 9.28. The van der Waals surface area contributed by atoms with Crippen LogP contribution in [0, 0.1) is 13.8 Å². The van der Waals surface area contributed by atoms with Gasteiger partial charge in [0.1, 0.15) is 0 Å². The zero-order valence-electron chi connectivity index (χ0n) is 13.6. The van der Waals surface area contributed by atoms with Crippen molar-refractivity contribution in [3.05, 3.63) is 69.6 Å². The van der Waals surface area contributed by atoms with E-state index in [1.807, 2.05) is 31.2 Å². The fourth-order valence-electron chi connectivity index (χ4n) is 2.58. The number of thioether (sulfide) groups is 1. The minimum absolute atomic E-state index is 0.161. The van der Waals surface area contributed by atoms with E-state index in [-0.39, 0.29) is 11.5 Å². The van der Waals surface area contributed by atoms with Crippen LogP contribution in [-0.4, -0.2) is 21.3 Å². The van der Waals surface area contributed by atoms with E-state index >= 15 is 0 Å². The van der Waals surface area contributed by atoms with Gasteiger partial charge in [-0.05, 0) is 43.2 Å². The number of anilines is 1. The van der Waals surface area contributed by atoms with Crippen LogP contribution in [0.15, 0.2) is 47.4 Å². The van der Waals surface area contributed by atoms with Gasteiger partial charge in [-0.2, -0.15) is 0 Å². The maximum atomic E-state index is 12.8. The van der Waals surface area contributed by atoms with Gasteiger partial charge in [0.15, 0.2) is 4.32 Å². The first-order valence-corrected chi connectivity index (χ1v) is 8.78. The van der Waals surface area contributed by atoms with E-state index in [0.717, 1.165) is 11.1 Å². The summed E-state index contributed by atoms with van der Waals surface area (Å²) in [5.41, 5.74) is 3.30. The first-order chi connectivity index (χ1) is 11.9. The number of carbonyl (C=O) groups is 2. The molecule has 0 saturated carbocycles. The number of carbonyl (C=O) groups excluding carboxylic acids is 1. The minimum Gasteiger partial charge on any atom is -0.478 e. The molecule has 0 unspecified atom stereocenters. The van der Waals surface area contributed by atoms with Gasteiger partial charge in [-0.15, -0.1) is 0 Å². The van der Waals surface area contributed by atoms with Gasteiger partial charge in [0.2, 0.25) is 0 Å². The van der Waals surface area contributed by atoms with Gasteiger partial charge in [0, 0.05) is 0 Å². The maximum Gasteiger partial charge on any atom is 0.336 e. The molecule has 1 saturated heterocycles. The minimum atomic E-state index is -1.03. The molecule has 1 fully saturated rings. The fourth-order valence-corrected chi connectivity index (χ4v) is 3.88. The van der Waals surface area contributed by atoms with E-state index in [0.29, 0.717) is 20.5 Å². The highest BCUT2D eigenvalue weighted by Crippen LogP contribution is 2.36. The Labute approximate surface area is 155 Å². The first kappa shape index (κ1) is 17.4. The third-order valence-corrected chi connectivity index (χ3v) is 5.15. The summed E-state index contributed by atoms with van der Waals surface area (Å²) in [6.07, 6.45) is 1.80. The van der Waals surface area contributed by atoms with E-state index in [4.69, 9.17) is 12.2 Å². The summed E-state index contributed by atoms with van der Waals surface area (Å²) < 4.78 is 0.393. The van der Waals surface area contributed by atoms with Crippen molar-refractivity contribution in [2.45, 2.75) is 13.8 Å². The smallest absolute Gasteiger partial charge is 0.336 e. The lowest BCUT2D eigenvalue weighted by molar-refractivity contribution is -0.113. The summed E-state index contributed by atoms with van der Waals surface area (Å²) in [7, 11) is 0. The van der Waals surface area contributed by atoms with Gasteiger partial charge < -0.3 is 5.11 Å². The van der Waals surface area contributed by atoms with Crippen molar-refractivity contribution in [3.8, 4) is 0 Å². The summed E-state index contributed by atoms with van der Waals surface area (Å²) in [5.74, 6) is -1.27. The summed E-state index contributed by atoms with van der Waals surface area (Å²) >= 11 is 6.56. The molecule has 6 heteroatoms. The second-order valence-corrected chi connectivity index (χ2v) is 7.41. The Morgan fingerprint density at radius 3 is 2.64 bits per heavy atom. The summed E-state index contributed by atoms with van der Waals surface area (Å²) in [4.78, 5) is 26.0. The Kier molecular flexibility index (Phi) is 4.74. The molecule has 1 aliphatic rings. The second-order valence-electron chi connectivity index (χ2n) is 5.74. The van der Waals surface area contributed by atoms with Crippen molar-refractivity contribution >= 4 is 51.9 Å². The average molecular weight is 369 g/mol. The molecule has 2 aromatic rings. The van der Waals surface area contributed by atoms with Gasteiger partial charge in [-0.25, -0.2) is 4.79 Å². The lowest BCUT2D eigenvalue weighted by Gasteiger charge is -2.15. The zero-order valence-corrected chi connectivity index (χ0v) is 15.3. The molecule has 25 heavy (non-hydrogen) atoms. The van der Waals surface area contributed by atoms with E-state index in [9.17, 15) is 14.7 Å². The van der Waals surface area contributed by atoms with Crippen molar-refractivity contribution in [2.24, 2.45) is 0 Å². The molecule has 1 amide bonds. The van der Waals surface area contributed by atoms with Crippen molar-refractivity contribution in [1.29, 1.82) is 0 Å². The Bertz CT molecular complexity index is 934. The van der Waals surface area contributed by atoms with E-state index in [2.05, 4.69) is 0 Å². The van der Waals surface area contributed by atoms with Crippen LogP contribution >= 0.6 is 24.0 Å². The van der Waals surface area contributed by atoms with Crippen LogP contribution in [0.25, 0.3) is 6.08 Å². The van der Waals surface area contributed by atoms with Gasteiger partial charge in [0.25, 0.3) is 5.91 Å². The highest BCUT2D eigenvalue weighted by Gasteiger charge is 2.33. The van der Waals surface area contributed by atoms with Gasteiger partial charge in [0.05, 0.1) is 16.2 Å². The van der Waals surface area contributed by atoms with Crippen molar-refractivity contribution < 1.29 is 14.7 Å². The lowest BCUT2D eigenvalue weighted by atomic mass is 10.1. The number of hydrogen-bond donors (Lipinski definition) is 1. The van der Waals surface area contributed by atoms with Gasteiger partial charge >= 0.3 is 5.97 Å². The molecule has 0 aromatic heterocycles. The van der Waals surface area contributed by atoms with E-state index in [1.165, 1.54) is 22.7 Å². The quantitative estimate of drug-likeness (QED) is 0.642. The first-order valence-electron chi connectivity index (χ1n) is 7.55. The van der Waals surface area contributed by atoms with Crippen molar-refractivity contribution in [3.63, 3.8) is 0 Å². The molecule has 4 nitrogen and oxygen atoms in total. The number of aryl methyl sites for hydroxylation is 2. The van der Waals surface area contributed by atoms with E-state index in [1.54, 1.807) is 25.1 Å². The van der Waals surface area contributed by atoms with Crippen LogP contribution in [0.3, 0.4) is 0 Å². The van der Waals surface area contributed by atoms with Crippen LogP contribution in [0.1, 0.15) is 27.0 Å². The summed E-state index contributed by atoms with van der Waals surface area (Å²) in [6.45, 7) is 3.71. The number of thiocarbonyl (C=S) groups is 1. The second kappa shape index (κ2) is 6.82. The van der Waals surface area contributed by atoms with Crippen molar-refractivity contribution in [2.75, 3.05) is 4.90 Å². The molecule has 0 radical (unpaired) electrons. The van der Waals surface area contributed by atoms with Gasteiger partial charge in [-0.1, -0.05) is 59.9 Å². The summed E-state index contributed by atoms with van der Waals surface area (Å²) in [6, 6.07) is 12.7. The molecule has 2 aromatic carbocycles. The number of amides is 1. The van der Waals surface area contributed by atoms with Crippen LogP contribution < -0.4 is 4.90 Å². The average Bonchev–Trinajstić information content (AvgIpc) is 2.82. The predicted molar refractivity (Wildman–Crippen MR) is 105 cm³/mol. The maximum absolute atomic E-state index is 12.8. The number of rotatable bonds is 3. The molecular weight excluding hydrogens is 354 g/mol. The van der Waals surface area contributed by atoms with Crippen LogP contribution in [-0.2, 0) is 4.79 Å². The van der Waals surface area contributed by atoms with Crippen LogP contribution in [0.4, 0.5) is 5.69 Å². The molecular formula is C19H15NO3S2. The van der Waals surface area contributed by atoms with Crippen LogP contribution in [0.5, 0.6) is 0 Å². The number of hydrogen-bond acceptors (Lipinski definition) is 4. The van der Waals surface area contributed by atoms with E-state index < -0.39 is 5.97 Å². The molecule has 1 aliphatic heterocycles. The van der Waals surface area contributed by atoms with Crippen molar-refractivity contribution in [1.82, 2.24) is 0 Å². The highest BCUT2D eigenvalue weighted by molar-refractivity contribution is 8.27. The number of aromatic carboxylic acids is 1. The molecule has 3 rings (SSSR count). The fraction of sp³-hybridized carbons (Fsp3) is 0.105.